The number of ether oxygens (including phenoxy) is 2. The molecule has 0 saturated carbocycles. The average Bonchev–Trinajstić information content (AvgIpc) is 3.12. The van der Waals surface area contributed by atoms with Gasteiger partial charge < -0.3 is 19.7 Å². The Morgan fingerprint density at radius 2 is 1.58 bits per heavy atom. The van der Waals surface area contributed by atoms with E-state index in [0.717, 1.165) is 38.9 Å². The van der Waals surface area contributed by atoms with Crippen LogP contribution >= 0.6 is 0 Å². The molecule has 252 valence electrons. The summed E-state index contributed by atoms with van der Waals surface area (Å²) >= 11 is 0. The third kappa shape index (κ3) is 7.55. The summed E-state index contributed by atoms with van der Waals surface area (Å²) < 4.78 is 10.6. The fourth-order valence-corrected chi connectivity index (χ4v) is 7.17. The van der Waals surface area contributed by atoms with Gasteiger partial charge in [0.1, 0.15) is 5.92 Å². The number of piperidine rings is 1. The van der Waals surface area contributed by atoms with Crippen LogP contribution in [0.3, 0.4) is 0 Å². The van der Waals surface area contributed by atoms with E-state index in [4.69, 9.17) is 14.5 Å². The number of carbonyl (C=O) groups excluding carboxylic acids is 2. The van der Waals surface area contributed by atoms with E-state index in [9.17, 15) is 19.7 Å². The van der Waals surface area contributed by atoms with E-state index in [1.807, 2.05) is 0 Å². The molecule has 1 fully saturated rings. The first-order chi connectivity index (χ1) is 23.3. The minimum absolute atomic E-state index is 0.00631. The predicted octanol–water partition coefficient (Wildman–Crippen LogP) is 5.82. The van der Waals surface area contributed by atoms with Gasteiger partial charge in [0.15, 0.2) is 0 Å². The van der Waals surface area contributed by atoms with Crippen molar-refractivity contribution in [2.24, 2.45) is 10.9 Å². The molecule has 0 aromatic heterocycles. The standard InChI is InChI=1S/C38H44N4O6/c1-4-48-37(44)35-32(40-27(2)33(36(43)47-3)34(35)28-16-18-31(19-17-28)42(45)46)26-39-22-11-23-41-24-20-38(21-25-41,29-12-7-5-8-13-29)30-14-9-6-10-15-30/h5-10,12-19,33-34,39H,4,11,20-26H2,1-3H3. The lowest BCUT2D eigenvalue weighted by Crippen LogP contribution is -2.44. The number of rotatable bonds is 13. The van der Waals surface area contributed by atoms with Crippen LogP contribution in [0.1, 0.15) is 55.7 Å². The van der Waals surface area contributed by atoms with E-state index in [1.165, 1.54) is 30.4 Å². The number of likely N-dealkylation sites (tertiary alicyclic amines) is 1. The normalized spacial score (nSPS) is 19.4. The van der Waals surface area contributed by atoms with Gasteiger partial charge in [0.05, 0.1) is 29.9 Å². The molecule has 0 amide bonds. The largest absolute Gasteiger partial charge is 0.468 e. The first-order valence-corrected chi connectivity index (χ1v) is 16.6. The quantitative estimate of drug-likeness (QED) is 0.106. The van der Waals surface area contributed by atoms with Gasteiger partial charge in [0.2, 0.25) is 0 Å². The van der Waals surface area contributed by atoms with Crippen molar-refractivity contribution in [3.63, 3.8) is 0 Å². The van der Waals surface area contributed by atoms with Crippen LogP contribution in [0.2, 0.25) is 0 Å². The molecule has 5 rings (SSSR count). The van der Waals surface area contributed by atoms with Crippen molar-refractivity contribution >= 4 is 23.3 Å². The van der Waals surface area contributed by atoms with Gasteiger partial charge in [-0.15, -0.1) is 0 Å². The molecule has 0 bridgehead atoms. The summed E-state index contributed by atoms with van der Waals surface area (Å²) in [7, 11) is 1.29. The Bertz CT molecular complexity index is 1590. The van der Waals surface area contributed by atoms with Crippen LogP contribution < -0.4 is 5.32 Å². The predicted molar refractivity (Wildman–Crippen MR) is 185 cm³/mol. The van der Waals surface area contributed by atoms with Gasteiger partial charge >= 0.3 is 11.9 Å². The number of nitrogens with zero attached hydrogens (tertiary/aromatic N) is 3. The molecule has 2 aliphatic heterocycles. The van der Waals surface area contributed by atoms with Crippen LogP contribution in [0, 0.1) is 16.0 Å². The number of esters is 2. The summed E-state index contributed by atoms with van der Waals surface area (Å²) in [5.74, 6) is -2.76. The van der Waals surface area contributed by atoms with Crippen LogP contribution in [-0.4, -0.2) is 73.9 Å². The highest BCUT2D eigenvalue weighted by Gasteiger charge is 2.43. The molecule has 2 atom stereocenters. The van der Waals surface area contributed by atoms with Gasteiger partial charge in [0, 0.05) is 35.7 Å². The van der Waals surface area contributed by atoms with Gasteiger partial charge in [0.25, 0.3) is 5.69 Å². The number of hydrogen-bond acceptors (Lipinski definition) is 9. The molecule has 2 unspecified atom stereocenters. The maximum absolute atomic E-state index is 13.4. The summed E-state index contributed by atoms with van der Waals surface area (Å²) in [6.07, 6.45) is 3.00. The molecule has 10 heteroatoms. The number of methoxy groups -OCH3 is 1. The molecule has 2 aliphatic rings. The minimum atomic E-state index is -0.877. The molecule has 10 nitrogen and oxygen atoms in total. The summed E-state index contributed by atoms with van der Waals surface area (Å²) in [6, 6.07) is 27.5. The van der Waals surface area contributed by atoms with Crippen molar-refractivity contribution in [3.05, 3.63) is 123 Å². The molecule has 3 aromatic rings. The molecule has 0 aliphatic carbocycles. The highest BCUT2D eigenvalue weighted by molar-refractivity contribution is 6.07. The SMILES string of the molecule is CCOC(=O)C1=C(CNCCCN2CCC(c3ccccc3)(c3ccccc3)CC2)N=C(C)C(C(=O)OC)C1c1ccc([N+](=O)[O-])cc1. The molecule has 0 radical (unpaired) electrons. The molecule has 48 heavy (non-hydrogen) atoms. The van der Waals surface area contributed by atoms with Gasteiger partial charge in [-0.3, -0.25) is 19.9 Å². The Labute approximate surface area is 282 Å². The highest BCUT2D eigenvalue weighted by atomic mass is 16.6. The van der Waals surface area contributed by atoms with Crippen LogP contribution in [-0.2, 0) is 24.5 Å². The fraction of sp³-hybridized carbons (Fsp3) is 0.395. The van der Waals surface area contributed by atoms with Crippen LogP contribution in [0.15, 0.2) is 101 Å². The summed E-state index contributed by atoms with van der Waals surface area (Å²) in [5, 5.41) is 14.8. The Morgan fingerprint density at radius 1 is 0.979 bits per heavy atom. The first-order valence-electron chi connectivity index (χ1n) is 16.6. The van der Waals surface area contributed by atoms with Crippen molar-refractivity contribution in [2.75, 3.05) is 46.4 Å². The highest BCUT2D eigenvalue weighted by Crippen LogP contribution is 2.42. The topological polar surface area (TPSA) is 123 Å². The van der Waals surface area contributed by atoms with Crippen molar-refractivity contribution in [2.45, 2.75) is 44.4 Å². The van der Waals surface area contributed by atoms with E-state index in [2.05, 4.69) is 70.9 Å². The minimum Gasteiger partial charge on any atom is -0.468 e. The van der Waals surface area contributed by atoms with Crippen LogP contribution in [0.4, 0.5) is 5.69 Å². The zero-order chi connectivity index (χ0) is 34.1. The summed E-state index contributed by atoms with van der Waals surface area (Å²) in [4.78, 5) is 44.5. The molecular weight excluding hydrogens is 608 g/mol. The van der Waals surface area contributed by atoms with Crippen molar-refractivity contribution in [1.82, 2.24) is 10.2 Å². The Balaban J connectivity index is 1.27. The monoisotopic (exact) mass is 652 g/mol. The average molecular weight is 653 g/mol. The van der Waals surface area contributed by atoms with Crippen LogP contribution in [0.25, 0.3) is 0 Å². The molecule has 0 spiro atoms. The van der Waals surface area contributed by atoms with E-state index in [-0.39, 0.29) is 23.3 Å². The van der Waals surface area contributed by atoms with E-state index >= 15 is 0 Å². The second-order valence-corrected chi connectivity index (χ2v) is 12.3. The number of benzene rings is 3. The van der Waals surface area contributed by atoms with E-state index < -0.39 is 28.7 Å². The molecule has 3 aromatic carbocycles. The lowest BCUT2D eigenvalue weighted by Gasteiger charge is -2.43. The Morgan fingerprint density at radius 3 is 2.12 bits per heavy atom. The number of carbonyl (C=O) groups is 2. The summed E-state index contributed by atoms with van der Waals surface area (Å²) in [6.45, 7) is 7.54. The van der Waals surface area contributed by atoms with Gasteiger partial charge in [-0.05, 0) is 76.0 Å². The first kappa shape index (κ1) is 34.7. The third-order valence-corrected chi connectivity index (χ3v) is 9.61. The fourth-order valence-electron chi connectivity index (χ4n) is 7.17. The van der Waals surface area contributed by atoms with E-state index in [0.29, 0.717) is 30.1 Å². The number of hydrogen-bond donors (Lipinski definition) is 1. The van der Waals surface area contributed by atoms with Gasteiger partial charge in [-0.25, -0.2) is 4.79 Å². The smallest absolute Gasteiger partial charge is 0.336 e. The zero-order valence-corrected chi connectivity index (χ0v) is 27.9. The van der Waals surface area contributed by atoms with Gasteiger partial charge in [-0.1, -0.05) is 72.8 Å². The van der Waals surface area contributed by atoms with E-state index in [1.54, 1.807) is 26.0 Å². The lowest BCUT2D eigenvalue weighted by molar-refractivity contribution is -0.384. The van der Waals surface area contributed by atoms with Crippen LogP contribution in [0.5, 0.6) is 0 Å². The number of nitro groups is 1. The Hall–Kier alpha value is -4.67. The zero-order valence-electron chi connectivity index (χ0n) is 27.9. The maximum atomic E-state index is 13.4. The number of non-ortho nitro benzene ring substituents is 1. The van der Waals surface area contributed by atoms with Crippen molar-refractivity contribution in [3.8, 4) is 0 Å². The maximum Gasteiger partial charge on any atom is 0.336 e. The second kappa shape index (κ2) is 16.0. The summed E-state index contributed by atoms with van der Waals surface area (Å²) in [5.41, 5.74) is 4.48. The lowest BCUT2D eigenvalue weighted by atomic mass is 9.68. The van der Waals surface area contributed by atoms with Crippen molar-refractivity contribution in [1.29, 1.82) is 0 Å². The van der Waals surface area contributed by atoms with Gasteiger partial charge in [-0.2, -0.15) is 0 Å². The molecular formula is C38H44N4O6. The molecule has 1 N–H and O–H groups in total. The number of nitrogens with one attached hydrogen (secondary N) is 1. The number of nitro benzene ring substituents is 1. The second-order valence-electron chi connectivity index (χ2n) is 12.3. The third-order valence-electron chi connectivity index (χ3n) is 9.61. The number of aliphatic imine (C=N–C) groups is 1. The molecule has 1 saturated heterocycles. The Kier molecular flexibility index (Phi) is 11.5. The molecule has 2 heterocycles. The van der Waals surface area contributed by atoms with Crippen molar-refractivity contribution < 1.29 is 24.0 Å².